The zero-order chi connectivity index (χ0) is 24.0. The summed E-state index contributed by atoms with van der Waals surface area (Å²) in [6, 6.07) is 0. The summed E-state index contributed by atoms with van der Waals surface area (Å²) in [5, 5.41) is 0. The monoisotopic (exact) mass is 476 g/mol. The van der Waals surface area contributed by atoms with Crippen molar-refractivity contribution < 1.29 is 18.1 Å². The zero-order valence-electron chi connectivity index (χ0n) is 22.7. The fourth-order valence-corrected chi connectivity index (χ4v) is 6.10. The Hall–Kier alpha value is 0.110. The first kappa shape index (κ1) is 32.1. The van der Waals surface area contributed by atoms with Crippen LogP contribution in [-0.2, 0) is 13.6 Å². The minimum absolute atomic E-state index is 0.453. The summed E-state index contributed by atoms with van der Waals surface area (Å²) < 4.78 is 24.4. The first-order valence-corrected chi connectivity index (χ1v) is 15.8. The number of rotatable bonds is 25. The molecule has 0 aliphatic heterocycles. The van der Waals surface area contributed by atoms with Crippen LogP contribution in [0.4, 0.5) is 0 Å². The second-order valence-electron chi connectivity index (χ2n) is 10.2. The smallest absolute Gasteiger partial charge is 0.328 e. The standard InChI is InChI=1S/C27H59NO3P/c1-6-9-10-11-12-13-14-15-16-17-18-19-20-21-22-23-25-28(4,5)26-24-27-32(29,30-7-2)31-8-3/h6-27H2,1-5H3/q+1. The highest BCUT2D eigenvalue weighted by atomic mass is 31.2. The van der Waals surface area contributed by atoms with Gasteiger partial charge in [-0.1, -0.05) is 96.8 Å². The molecule has 0 aliphatic carbocycles. The molecule has 5 heteroatoms. The normalized spacial score (nSPS) is 12.5. The van der Waals surface area contributed by atoms with Crippen LogP contribution in [0.25, 0.3) is 0 Å². The van der Waals surface area contributed by atoms with Crippen molar-refractivity contribution in [1.82, 2.24) is 0 Å². The average molecular weight is 477 g/mol. The Bertz CT molecular complexity index is 433. The molecular weight excluding hydrogens is 417 g/mol. The van der Waals surface area contributed by atoms with Gasteiger partial charge in [-0.3, -0.25) is 4.57 Å². The fourth-order valence-electron chi connectivity index (χ4n) is 4.45. The molecule has 4 nitrogen and oxygen atoms in total. The average Bonchev–Trinajstić information content (AvgIpc) is 2.73. The quantitative estimate of drug-likeness (QED) is 0.0749. The van der Waals surface area contributed by atoms with Crippen LogP contribution >= 0.6 is 7.60 Å². The summed E-state index contributed by atoms with van der Waals surface area (Å²) in [6.45, 7) is 9.18. The highest BCUT2D eigenvalue weighted by Crippen LogP contribution is 2.48. The van der Waals surface area contributed by atoms with Gasteiger partial charge in [0.1, 0.15) is 0 Å². The van der Waals surface area contributed by atoms with Crippen LogP contribution in [0.3, 0.4) is 0 Å². The molecule has 0 saturated heterocycles. The maximum atomic E-state index is 12.6. The van der Waals surface area contributed by atoms with E-state index in [1.54, 1.807) is 0 Å². The molecule has 194 valence electrons. The van der Waals surface area contributed by atoms with Crippen molar-refractivity contribution in [2.75, 3.05) is 46.6 Å². The van der Waals surface area contributed by atoms with E-state index in [2.05, 4.69) is 21.0 Å². The molecule has 0 aliphatic rings. The fraction of sp³-hybridized carbons (Fsp3) is 1.00. The number of quaternary nitrogens is 1. The maximum absolute atomic E-state index is 12.6. The van der Waals surface area contributed by atoms with Crippen LogP contribution in [0, 0.1) is 0 Å². The topological polar surface area (TPSA) is 35.5 Å². The van der Waals surface area contributed by atoms with Gasteiger partial charge >= 0.3 is 7.60 Å². The van der Waals surface area contributed by atoms with Gasteiger partial charge in [-0.15, -0.1) is 0 Å². The number of hydrogen-bond acceptors (Lipinski definition) is 3. The second-order valence-corrected chi connectivity index (χ2v) is 12.4. The van der Waals surface area contributed by atoms with Crippen molar-refractivity contribution in [3.8, 4) is 0 Å². The lowest BCUT2D eigenvalue weighted by Gasteiger charge is -2.30. The minimum Gasteiger partial charge on any atom is -0.328 e. The molecular formula is C27H59NO3P+. The lowest BCUT2D eigenvalue weighted by Crippen LogP contribution is -2.41. The van der Waals surface area contributed by atoms with Crippen molar-refractivity contribution in [3.05, 3.63) is 0 Å². The van der Waals surface area contributed by atoms with Gasteiger partial charge in [0.2, 0.25) is 0 Å². The molecule has 0 bridgehead atoms. The summed E-state index contributed by atoms with van der Waals surface area (Å²) in [4.78, 5) is 0. The Balaban J connectivity index is 3.52. The molecule has 0 N–H and O–H groups in total. The Kier molecular flexibility index (Phi) is 21.7. The van der Waals surface area contributed by atoms with Gasteiger partial charge < -0.3 is 13.5 Å². The van der Waals surface area contributed by atoms with E-state index in [-0.39, 0.29) is 0 Å². The van der Waals surface area contributed by atoms with E-state index < -0.39 is 7.60 Å². The Morgan fingerprint density at radius 2 is 0.875 bits per heavy atom. The highest BCUT2D eigenvalue weighted by molar-refractivity contribution is 7.53. The summed E-state index contributed by atoms with van der Waals surface area (Å²) in [7, 11) is 1.70. The van der Waals surface area contributed by atoms with E-state index in [0.717, 1.165) is 17.4 Å². The van der Waals surface area contributed by atoms with Crippen molar-refractivity contribution in [2.24, 2.45) is 0 Å². The summed E-state index contributed by atoms with van der Waals surface area (Å²) >= 11 is 0. The van der Waals surface area contributed by atoms with E-state index in [0.29, 0.717) is 19.4 Å². The molecule has 0 aromatic heterocycles. The van der Waals surface area contributed by atoms with Crippen LogP contribution in [0.15, 0.2) is 0 Å². The van der Waals surface area contributed by atoms with Gasteiger partial charge in [0, 0.05) is 6.42 Å². The molecule has 0 heterocycles. The Morgan fingerprint density at radius 3 is 1.25 bits per heavy atom. The predicted molar refractivity (Wildman–Crippen MR) is 142 cm³/mol. The summed E-state index contributed by atoms with van der Waals surface area (Å²) in [5.74, 6) is 0. The first-order chi connectivity index (χ1) is 15.4. The van der Waals surface area contributed by atoms with Gasteiger partial charge in [-0.05, 0) is 26.7 Å². The molecule has 0 spiro atoms. The third kappa shape index (κ3) is 20.7. The lowest BCUT2D eigenvalue weighted by molar-refractivity contribution is -0.890. The molecule has 0 radical (unpaired) electrons. The molecule has 0 amide bonds. The van der Waals surface area contributed by atoms with Gasteiger partial charge in [0.25, 0.3) is 0 Å². The molecule has 0 atom stereocenters. The van der Waals surface area contributed by atoms with Crippen LogP contribution < -0.4 is 0 Å². The van der Waals surface area contributed by atoms with Crippen molar-refractivity contribution in [2.45, 2.75) is 130 Å². The first-order valence-electron chi connectivity index (χ1n) is 14.1. The number of hydrogen-bond donors (Lipinski definition) is 0. The minimum atomic E-state index is -2.88. The summed E-state index contributed by atoms with van der Waals surface area (Å²) in [5.41, 5.74) is 0. The number of nitrogens with zero attached hydrogens (tertiary/aromatic N) is 1. The third-order valence-electron chi connectivity index (χ3n) is 6.46. The number of unbranched alkanes of at least 4 members (excludes halogenated alkanes) is 15. The summed E-state index contributed by atoms with van der Waals surface area (Å²) in [6.07, 6.45) is 24.1. The van der Waals surface area contributed by atoms with Gasteiger partial charge in [0.15, 0.2) is 0 Å². The highest BCUT2D eigenvalue weighted by Gasteiger charge is 2.25. The SMILES string of the molecule is CCCCCCCCCCCCCCCCCC[N+](C)(C)CCCP(=O)(OCC)OCC. The van der Waals surface area contributed by atoms with E-state index in [9.17, 15) is 4.57 Å². The molecule has 0 saturated carbocycles. The molecule has 0 aromatic rings. The Labute approximate surface area is 202 Å². The zero-order valence-corrected chi connectivity index (χ0v) is 23.6. The third-order valence-corrected chi connectivity index (χ3v) is 8.63. The van der Waals surface area contributed by atoms with Gasteiger partial charge in [-0.2, -0.15) is 0 Å². The lowest BCUT2D eigenvalue weighted by atomic mass is 10.0. The van der Waals surface area contributed by atoms with Crippen LogP contribution in [-0.4, -0.2) is 51.0 Å². The molecule has 0 fully saturated rings. The van der Waals surface area contributed by atoms with Crippen LogP contribution in [0.2, 0.25) is 0 Å². The van der Waals surface area contributed by atoms with E-state index in [4.69, 9.17) is 9.05 Å². The largest absolute Gasteiger partial charge is 0.330 e. The van der Waals surface area contributed by atoms with Crippen molar-refractivity contribution in [1.29, 1.82) is 0 Å². The van der Waals surface area contributed by atoms with Gasteiger partial charge in [-0.25, -0.2) is 0 Å². The van der Waals surface area contributed by atoms with E-state index in [1.807, 2.05) is 13.8 Å². The van der Waals surface area contributed by atoms with Crippen molar-refractivity contribution >= 4 is 7.60 Å². The molecule has 0 aromatic carbocycles. The van der Waals surface area contributed by atoms with Crippen molar-refractivity contribution in [3.63, 3.8) is 0 Å². The molecule has 0 unspecified atom stereocenters. The van der Waals surface area contributed by atoms with E-state index >= 15 is 0 Å². The predicted octanol–water partition coefficient (Wildman–Crippen LogP) is 8.98. The van der Waals surface area contributed by atoms with Crippen LogP contribution in [0.1, 0.15) is 130 Å². The van der Waals surface area contributed by atoms with Crippen LogP contribution in [0.5, 0.6) is 0 Å². The van der Waals surface area contributed by atoms with Gasteiger partial charge in [0.05, 0.1) is 46.6 Å². The molecule has 0 rings (SSSR count). The maximum Gasteiger partial charge on any atom is 0.330 e. The second kappa shape index (κ2) is 21.6. The Morgan fingerprint density at radius 1 is 0.531 bits per heavy atom. The van der Waals surface area contributed by atoms with E-state index in [1.165, 1.54) is 109 Å². The molecule has 32 heavy (non-hydrogen) atoms.